The Balaban J connectivity index is 1.89. The average Bonchev–Trinajstić information content (AvgIpc) is 2.81. The molecule has 31 heavy (non-hydrogen) atoms. The first kappa shape index (κ1) is 20.0. The second-order valence-electron chi connectivity index (χ2n) is 6.82. The van der Waals surface area contributed by atoms with Crippen LogP contribution in [0.1, 0.15) is 10.4 Å². The molecule has 0 radical (unpaired) electrons. The molecule has 2 aromatic carbocycles. The van der Waals surface area contributed by atoms with Gasteiger partial charge in [0.05, 0.1) is 5.56 Å². The molecule has 0 bridgehead atoms. The third-order valence-electron chi connectivity index (χ3n) is 4.74. The smallest absolute Gasteiger partial charge is 0.267 e. The molecule has 1 N–H and O–H groups in total. The van der Waals surface area contributed by atoms with Gasteiger partial charge in [-0.1, -0.05) is 30.3 Å². The van der Waals surface area contributed by atoms with Crippen molar-refractivity contribution in [3.8, 4) is 33.9 Å². The van der Waals surface area contributed by atoms with E-state index in [0.717, 1.165) is 0 Å². The molecule has 4 rings (SSSR count). The van der Waals surface area contributed by atoms with E-state index in [-0.39, 0.29) is 11.5 Å². The number of carbonyl (C=O) groups is 1. The number of para-hydroxylation sites is 2. The molecular formula is C24H20N4O3. The minimum Gasteiger partial charge on any atom is -0.457 e. The zero-order valence-electron chi connectivity index (χ0n) is 17.1. The molecule has 4 aromatic rings. The van der Waals surface area contributed by atoms with Crippen molar-refractivity contribution in [2.45, 2.75) is 0 Å². The van der Waals surface area contributed by atoms with Crippen LogP contribution in [-0.4, -0.2) is 27.7 Å². The predicted octanol–water partition coefficient (Wildman–Crippen LogP) is 3.66. The molecule has 0 aliphatic heterocycles. The molecule has 0 unspecified atom stereocenters. The van der Waals surface area contributed by atoms with Crippen molar-refractivity contribution in [3.05, 3.63) is 95.0 Å². The van der Waals surface area contributed by atoms with Crippen LogP contribution in [0.15, 0.2) is 83.9 Å². The van der Waals surface area contributed by atoms with E-state index in [2.05, 4.69) is 15.4 Å². The van der Waals surface area contributed by atoms with Crippen LogP contribution < -0.4 is 15.6 Å². The molecule has 0 saturated heterocycles. The van der Waals surface area contributed by atoms with Crippen molar-refractivity contribution in [2.75, 3.05) is 7.05 Å². The molecule has 0 saturated carbocycles. The van der Waals surface area contributed by atoms with Crippen molar-refractivity contribution in [1.29, 1.82) is 0 Å². The van der Waals surface area contributed by atoms with Gasteiger partial charge in [0.1, 0.15) is 17.2 Å². The van der Waals surface area contributed by atoms with Crippen LogP contribution in [0.2, 0.25) is 0 Å². The van der Waals surface area contributed by atoms with Crippen molar-refractivity contribution >= 4 is 5.91 Å². The summed E-state index contributed by atoms with van der Waals surface area (Å²) in [4.78, 5) is 28.7. The Labute approximate surface area is 179 Å². The Morgan fingerprint density at radius 1 is 0.968 bits per heavy atom. The topological polar surface area (TPSA) is 86.1 Å². The summed E-state index contributed by atoms with van der Waals surface area (Å²) in [5.41, 5.74) is 2.54. The van der Waals surface area contributed by atoms with Crippen LogP contribution in [-0.2, 0) is 7.05 Å². The maximum atomic E-state index is 12.4. The third-order valence-corrected chi connectivity index (χ3v) is 4.74. The number of nitrogens with one attached hydrogen (secondary N) is 1. The average molecular weight is 412 g/mol. The van der Waals surface area contributed by atoms with Gasteiger partial charge < -0.3 is 10.1 Å². The summed E-state index contributed by atoms with van der Waals surface area (Å²) in [6.45, 7) is 0. The van der Waals surface area contributed by atoms with Crippen molar-refractivity contribution in [2.24, 2.45) is 7.05 Å². The number of ether oxygens (including phenoxy) is 1. The minimum atomic E-state index is -0.273. The number of hydrogen-bond donors (Lipinski definition) is 1. The monoisotopic (exact) mass is 412 g/mol. The molecule has 0 fully saturated rings. The Morgan fingerprint density at radius 2 is 1.71 bits per heavy atom. The van der Waals surface area contributed by atoms with E-state index >= 15 is 0 Å². The first-order chi connectivity index (χ1) is 15.1. The van der Waals surface area contributed by atoms with Gasteiger partial charge in [-0.05, 0) is 30.3 Å². The van der Waals surface area contributed by atoms with Crippen LogP contribution in [0.4, 0.5) is 0 Å². The highest BCUT2D eigenvalue weighted by molar-refractivity contribution is 5.95. The highest BCUT2D eigenvalue weighted by Crippen LogP contribution is 2.36. The van der Waals surface area contributed by atoms with Crippen LogP contribution in [0, 0.1) is 0 Å². The Kier molecular flexibility index (Phi) is 5.57. The number of benzene rings is 2. The SMILES string of the molecule is CNC(=O)c1cncc(-c2cc(=O)n(C)nc2-c2ccccc2Oc2ccccc2)c1. The number of carbonyl (C=O) groups excluding carboxylic acids is 1. The number of rotatable bonds is 5. The summed E-state index contributed by atoms with van der Waals surface area (Å²) in [6.07, 6.45) is 3.08. The minimum absolute atomic E-state index is 0.263. The fraction of sp³-hybridized carbons (Fsp3) is 0.0833. The van der Waals surface area contributed by atoms with Gasteiger partial charge in [-0.3, -0.25) is 14.6 Å². The number of pyridine rings is 1. The first-order valence-electron chi connectivity index (χ1n) is 9.65. The normalized spacial score (nSPS) is 10.5. The van der Waals surface area contributed by atoms with Crippen molar-refractivity contribution < 1.29 is 9.53 Å². The lowest BCUT2D eigenvalue weighted by Gasteiger charge is -2.15. The molecule has 0 aliphatic carbocycles. The van der Waals surface area contributed by atoms with Gasteiger partial charge in [0, 0.05) is 49.2 Å². The fourth-order valence-electron chi connectivity index (χ4n) is 3.18. The number of amides is 1. The second kappa shape index (κ2) is 8.62. The summed E-state index contributed by atoms with van der Waals surface area (Å²) in [5, 5.41) is 7.09. The Morgan fingerprint density at radius 3 is 2.48 bits per heavy atom. The van der Waals surface area contributed by atoms with Crippen LogP contribution >= 0.6 is 0 Å². The van der Waals surface area contributed by atoms with Gasteiger partial charge in [-0.2, -0.15) is 5.10 Å². The third kappa shape index (κ3) is 4.20. The highest BCUT2D eigenvalue weighted by atomic mass is 16.5. The fourth-order valence-corrected chi connectivity index (χ4v) is 3.18. The molecule has 0 aliphatic rings. The van der Waals surface area contributed by atoms with Crippen LogP contribution in [0.25, 0.3) is 22.4 Å². The van der Waals surface area contributed by atoms with E-state index in [9.17, 15) is 9.59 Å². The lowest BCUT2D eigenvalue weighted by Crippen LogP contribution is -2.20. The zero-order valence-corrected chi connectivity index (χ0v) is 17.1. The highest BCUT2D eigenvalue weighted by Gasteiger charge is 2.17. The first-order valence-corrected chi connectivity index (χ1v) is 9.65. The van der Waals surface area contributed by atoms with Gasteiger partial charge in [0.25, 0.3) is 11.5 Å². The number of aromatic nitrogens is 3. The van der Waals surface area contributed by atoms with Crippen molar-refractivity contribution in [1.82, 2.24) is 20.1 Å². The van der Waals surface area contributed by atoms with Crippen molar-refractivity contribution in [3.63, 3.8) is 0 Å². The quantitative estimate of drug-likeness (QED) is 0.541. The van der Waals surface area contributed by atoms with Gasteiger partial charge >= 0.3 is 0 Å². The maximum absolute atomic E-state index is 12.4. The van der Waals surface area contributed by atoms with E-state index in [1.165, 1.54) is 16.9 Å². The molecule has 0 atom stereocenters. The van der Waals surface area contributed by atoms with E-state index in [0.29, 0.717) is 39.4 Å². The lowest BCUT2D eigenvalue weighted by atomic mass is 9.99. The lowest BCUT2D eigenvalue weighted by molar-refractivity contribution is 0.0962. The second-order valence-corrected chi connectivity index (χ2v) is 6.82. The standard InChI is InChI=1S/C24H20N4O3/c1-25-24(30)17-12-16(14-26-15-17)20-13-22(29)28(2)27-23(20)19-10-6-7-11-21(19)31-18-8-4-3-5-9-18/h3-15H,1-2H3,(H,25,30). The zero-order chi connectivity index (χ0) is 21.8. The molecule has 154 valence electrons. The molecule has 7 nitrogen and oxygen atoms in total. The van der Waals surface area contributed by atoms with E-state index in [4.69, 9.17) is 4.74 Å². The van der Waals surface area contributed by atoms with E-state index in [1.807, 2.05) is 54.6 Å². The molecule has 2 heterocycles. The molecular weight excluding hydrogens is 392 g/mol. The summed E-state index contributed by atoms with van der Waals surface area (Å²) in [6, 6.07) is 20.1. The predicted molar refractivity (Wildman–Crippen MR) is 118 cm³/mol. The van der Waals surface area contributed by atoms with E-state index in [1.54, 1.807) is 26.4 Å². The summed E-state index contributed by atoms with van der Waals surface area (Å²) >= 11 is 0. The van der Waals surface area contributed by atoms with E-state index < -0.39 is 0 Å². The Hall–Kier alpha value is -4.26. The summed E-state index contributed by atoms with van der Waals surface area (Å²) in [7, 11) is 3.15. The number of hydrogen-bond acceptors (Lipinski definition) is 5. The van der Waals surface area contributed by atoms with Gasteiger partial charge in [-0.15, -0.1) is 0 Å². The molecule has 7 heteroatoms. The molecule has 0 spiro atoms. The summed E-state index contributed by atoms with van der Waals surface area (Å²) < 4.78 is 7.37. The summed E-state index contributed by atoms with van der Waals surface area (Å²) in [5.74, 6) is 1.02. The largest absolute Gasteiger partial charge is 0.457 e. The van der Waals surface area contributed by atoms with Crippen LogP contribution in [0.3, 0.4) is 0 Å². The van der Waals surface area contributed by atoms with Gasteiger partial charge in [0.2, 0.25) is 0 Å². The maximum Gasteiger partial charge on any atom is 0.267 e. The molecule has 1 amide bonds. The molecule has 2 aromatic heterocycles. The number of nitrogens with zero attached hydrogens (tertiary/aromatic N) is 3. The van der Waals surface area contributed by atoms with Gasteiger partial charge in [-0.25, -0.2) is 4.68 Å². The number of aryl methyl sites for hydroxylation is 1. The van der Waals surface area contributed by atoms with Crippen LogP contribution in [0.5, 0.6) is 11.5 Å². The Bertz CT molecular complexity index is 1300. The van der Waals surface area contributed by atoms with Gasteiger partial charge in [0.15, 0.2) is 0 Å².